The van der Waals surface area contributed by atoms with Crippen molar-refractivity contribution < 1.29 is 56.4 Å². The van der Waals surface area contributed by atoms with Crippen molar-refractivity contribution in [2.75, 3.05) is 56.0 Å². The van der Waals surface area contributed by atoms with Gasteiger partial charge in [0, 0.05) is 37.2 Å². The molecule has 4 amide bonds. The Morgan fingerprint density at radius 2 is 1.62 bits per heavy atom. The van der Waals surface area contributed by atoms with Gasteiger partial charge in [0.2, 0.25) is 17.7 Å². The zero-order chi connectivity index (χ0) is 51.8. The topological polar surface area (TPSA) is 196 Å². The molecule has 71 heavy (non-hydrogen) atoms. The molecular weight excluding hydrogens is 964 g/mol. The summed E-state index contributed by atoms with van der Waals surface area (Å²) >= 11 is 7.12. The molecule has 3 heterocycles. The standard InChI is InChI=1S/C50H58F3N7O9S2/c1-8-41(62)57-43(48(3,4)5)45(64)58-28-36(61)25-39(58)44(63)55-27-33-10-9-31(42-30(2)56-29-71-42)23-40(33)69-22-20-67-18-17-66-19-21-68-37-15-13-34(14-16-37)60-47(70)59(46(65)49(60,6)7)35-12-11-32(26-54)38(24-35)50(51,52)53/h9-16,23-24,29,36,39,43,61H,8,17-22,25,27-28H2,1-7H3,(H,55,63)(H,57,62)/t36-,39+,43-/m1/s1. The average Bonchev–Trinajstić information content (AvgIpc) is 3.99. The van der Waals surface area contributed by atoms with E-state index in [0.29, 0.717) is 22.7 Å². The fourth-order valence-corrected chi connectivity index (χ4v) is 9.47. The molecule has 4 aromatic rings. The number of anilines is 2. The smallest absolute Gasteiger partial charge is 0.417 e. The fourth-order valence-electron chi connectivity index (χ4n) is 8.14. The van der Waals surface area contributed by atoms with Crippen molar-refractivity contribution in [3.05, 3.63) is 88.6 Å². The Hall–Kier alpha value is -6.18. The number of aryl methyl sites for hydroxylation is 1. The molecule has 6 rings (SSSR count). The number of carbonyl (C=O) groups excluding carboxylic acids is 4. The molecule has 0 bridgehead atoms. The molecule has 16 nitrogen and oxygen atoms in total. The number of benzene rings is 3. The van der Waals surface area contributed by atoms with Crippen LogP contribution in [0.5, 0.6) is 11.5 Å². The molecule has 0 spiro atoms. The molecule has 0 aliphatic carbocycles. The number of aromatic nitrogens is 1. The molecule has 3 atom stereocenters. The Morgan fingerprint density at radius 1 is 0.972 bits per heavy atom. The molecule has 21 heteroatoms. The van der Waals surface area contributed by atoms with Gasteiger partial charge in [0.15, 0.2) is 5.11 Å². The van der Waals surface area contributed by atoms with Crippen LogP contribution in [0.25, 0.3) is 10.4 Å². The van der Waals surface area contributed by atoms with Crippen molar-refractivity contribution in [3.8, 4) is 28.0 Å². The lowest BCUT2D eigenvalue weighted by atomic mass is 9.85. The molecule has 2 aliphatic heterocycles. The van der Waals surface area contributed by atoms with E-state index in [1.165, 1.54) is 22.3 Å². The minimum absolute atomic E-state index is 0.0205. The Kier molecular flexibility index (Phi) is 17.5. The third-order valence-electron chi connectivity index (χ3n) is 11.9. The maximum absolute atomic E-state index is 13.8. The Labute approximate surface area is 420 Å². The number of likely N-dealkylation sites (tertiary alicyclic amines) is 1. The number of ether oxygens (including phenoxy) is 4. The first-order valence-electron chi connectivity index (χ1n) is 23.0. The minimum Gasteiger partial charge on any atom is -0.491 e. The maximum atomic E-state index is 13.8. The first kappa shape index (κ1) is 54.2. The zero-order valence-corrected chi connectivity index (χ0v) is 42.2. The van der Waals surface area contributed by atoms with Gasteiger partial charge in [-0.2, -0.15) is 18.4 Å². The SMILES string of the molecule is CCC(=O)N[C@H](C(=O)N1C[C@H](O)C[C@H]1C(=O)NCc1ccc(-c2scnc2C)cc1OCCOCCOCCOc1ccc(N2C(=S)N(c3ccc(C#N)c(C(F)(F)F)c3)C(=O)C2(C)C)cc1)C(C)(C)C. The number of carbonyl (C=O) groups is 4. The Morgan fingerprint density at radius 3 is 2.23 bits per heavy atom. The highest BCUT2D eigenvalue weighted by molar-refractivity contribution is 7.81. The summed E-state index contributed by atoms with van der Waals surface area (Å²) in [6.07, 6.45) is -5.47. The van der Waals surface area contributed by atoms with Crippen molar-refractivity contribution >= 4 is 63.7 Å². The highest BCUT2D eigenvalue weighted by Crippen LogP contribution is 2.40. The van der Waals surface area contributed by atoms with Crippen LogP contribution in [0.2, 0.25) is 0 Å². The van der Waals surface area contributed by atoms with Crippen molar-refractivity contribution in [2.24, 2.45) is 5.41 Å². The summed E-state index contributed by atoms with van der Waals surface area (Å²) in [6, 6.07) is 15.1. The molecule has 3 aromatic carbocycles. The molecule has 0 saturated carbocycles. The molecule has 2 fully saturated rings. The van der Waals surface area contributed by atoms with E-state index in [4.69, 9.17) is 31.2 Å². The number of thiocarbonyl (C=S) groups is 1. The summed E-state index contributed by atoms with van der Waals surface area (Å²) in [5.74, 6) is -0.677. The van der Waals surface area contributed by atoms with Gasteiger partial charge in [0.25, 0.3) is 5.91 Å². The third kappa shape index (κ3) is 12.8. The minimum atomic E-state index is -4.81. The quantitative estimate of drug-likeness (QED) is 0.0610. The van der Waals surface area contributed by atoms with E-state index in [1.54, 1.807) is 61.5 Å². The summed E-state index contributed by atoms with van der Waals surface area (Å²) in [5.41, 5.74) is 0.989. The van der Waals surface area contributed by atoms with E-state index >= 15 is 0 Å². The molecular formula is C50H58F3N7O9S2. The van der Waals surface area contributed by atoms with E-state index in [0.717, 1.165) is 33.2 Å². The third-order valence-corrected chi connectivity index (χ3v) is 13.3. The Bertz CT molecular complexity index is 2630. The van der Waals surface area contributed by atoms with Crippen LogP contribution in [0, 0.1) is 23.7 Å². The Balaban J connectivity index is 0.963. The molecule has 0 radical (unpaired) electrons. The van der Waals surface area contributed by atoms with Gasteiger partial charge in [-0.05, 0) is 92.5 Å². The molecule has 3 N–H and O–H groups in total. The first-order valence-corrected chi connectivity index (χ1v) is 24.3. The van der Waals surface area contributed by atoms with Crippen molar-refractivity contribution in [2.45, 2.75) is 97.8 Å². The highest BCUT2D eigenvalue weighted by atomic mass is 32.1. The van der Waals surface area contributed by atoms with Crippen molar-refractivity contribution in [1.29, 1.82) is 5.26 Å². The monoisotopic (exact) mass is 1020 g/mol. The maximum Gasteiger partial charge on any atom is 0.417 e. The molecule has 1 aromatic heterocycles. The number of rotatable bonds is 20. The van der Waals surface area contributed by atoms with Crippen LogP contribution < -0.4 is 29.9 Å². The van der Waals surface area contributed by atoms with Gasteiger partial charge in [-0.25, -0.2) is 4.98 Å². The second-order valence-corrected chi connectivity index (χ2v) is 19.7. The number of aliphatic hydroxyl groups excluding tert-OH is 1. The molecule has 2 aliphatic rings. The van der Waals surface area contributed by atoms with Gasteiger partial charge < -0.3 is 44.5 Å². The average molecular weight is 1020 g/mol. The number of amides is 4. The normalized spacial score (nSPS) is 17.3. The lowest BCUT2D eigenvalue weighted by Crippen LogP contribution is -2.57. The van der Waals surface area contributed by atoms with Crippen LogP contribution in [0.4, 0.5) is 24.5 Å². The van der Waals surface area contributed by atoms with Crippen LogP contribution in [0.3, 0.4) is 0 Å². The number of nitrogens with zero attached hydrogens (tertiary/aromatic N) is 5. The van der Waals surface area contributed by atoms with Crippen LogP contribution in [0.1, 0.15) is 76.8 Å². The number of alkyl halides is 3. The largest absolute Gasteiger partial charge is 0.491 e. The lowest BCUT2D eigenvalue weighted by Gasteiger charge is -2.35. The predicted octanol–water partition coefficient (Wildman–Crippen LogP) is 6.94. The number of nitrogens with one attached hydrogen (secondary N) is 2. The number of hydrogen-bond donors (Lipinski definition) is 3. The van der Waals surface area contributed by atoms with E-state index in [2.05, 4.69) is 15.6 Å². The zero-order valence-electron chi connectivity index (χ0n) is 40.6. The number of β-amino-alcohol motifs (C(OH)–C–C–N with tert-alkyl or cyclic N) is 1. The van der Waals surface area contributed by atoms with E-state index in [9.17, 15) is 42.7 Å². The molecule has 380 valence electrons. The first-order chi connectivity index (χ1) is 33.6. The molecule has 0 unspecified atom stereocenters. The van der Waals surface area contributed by atoms with Gasteiger partial charge in [-0.1, -0.05) is 39.8 Å². The molecule has 2 saturated heterocycles. The van der Waals surface area contributed by atoms with Gasteiger partial charge in [0.05, 0.1) is 71.5 Å². The van der Waals surface area contributed by atoms with Gasteiger partial charge in [-0.3, -0.25) is 24.1 Å². The van der Waals surface area contributed by atoms with Crippen LogP contribution in [-0.4, -0.2) is 114 Å². The second-order valence-electron chi connectivity index (χ2n) is 18.5. The van der Waals surface area contributed by atoms with Gasteiger partial charge in [0.1, 0.15) is 42.3 Å². The second kappa shape index (κ2) is 22.9. The number of halogens is 3. The predicted molar refractivity (Wildman–Crippen MR) is 264 cm³/mol. The van der Waals surface area contributed by atoms with Crippen molar-refractivity contribution in [3.63, 3.8) is 0 Å². The number of hydrogen-bond acceptors (Lipinski definition) is 13. The van der Waals surface area contributed by atoms with Gasteiger partial charge >= 0.3 is 6.18 Å². The van der Waals surface area contributed by atoms with E-state index < -0.39 is 64.2 Å². The number of nitriles is 1. The number of thiazole rings is 1. The highest BCUT2D eigenvalue weighted by Gasteiger charge is 2.51. The van der Waals surface area contributed by atoms with E-state index in [-0.39, 0.29) is 82.3 Å². The summed E-state index contributed by atoms with van der Waals surface area (Å²) in [4.78, 5) is 62.7. The summed E-state index contributed by atoms with van der Waals surface area (Å²) in [5, 5.41) is 25.5. The van der Waals surface area contributed by atoms with Crippen LogP contribution >= 0.6 is 23.6 Å². The summed E-state index contributed by atoms with van der Waals surface area (Å²) in [7, 11) is 0. The lowest BCUT2D eigenvalue weighted by molar-refractivity contribution is -0.144. The summed E-state index contributed by atoms with van der Waals surface area (Å²) in [6.45, 7) is 13.8. The van der Waals surface area contributed by atoms with E-state index in [1.807, 2.05) is 45.9 Å². The van der Waals surface area contributed by atoms with Crippen LogP contribution in [0.15, 0.2) is 66.2 Å². The fraction of sp³-hybridized carbons (Fsp3) is 0.460. The van der Waals surface area contributed by atoms with Crippen LogP contribution in [-0.2, 0) is 41.4 Å². The van der Waals surface area contributed by atoms with Gasteiger partial charge in [-0.15, -0.1) is 11.3 Å². The summed E-state index contributed by atoms with van der Waals surface area (Å²) < 4.78 is 64.7. The van der Waals surface area contributed by atoms with Crippen molar-refractivity contribution in [1.82, 2.24) is 20.5 Å². The number of aliphatic hydroxyl groups is 1.